The van der Waals surface area contributed by atoms with Crippen LogP contribution in [0.2, 0.25) is 0 Å². The van der Waals surface area contributed by atoms with E-state index in [0.717, 1.165) is 10.9 Å². The maximum Gasteiger partial charge on any atom is 0.410 e. The highest BCUT2D eigenvalue weighted by molar-refractivity contribution is 7.90. The Hall–Kier alpha value is -3.39. The van der Waals surface area contributed by atoms with Crippen molar-refractivity contribution in [3.05, 3.63) is 46.4 Å². The largest absolute Gasteiger partial charge is 0.487 e. The van der Waals surface area contributed by atoms with Crippen LogP contribution in [-0.2, 0) is 14.6 Å². The third-order valence-electron chi connectivity index (χ3n) is 4.90. The Bertz CT molecular complexity index is 1230. The topological polar surface area (TPSA) is 132 Å². The van der Waals surface area contributed by atoms with E-state index in [-0.39, 0.29) is 28.5 Å². The first-order valence-electron chi connectivity index (χ1n) is 10.4. The number of nitriles is 1. The molecule has 176 valence electrons. The summed E-state index contributed by atoms with van der Waals surface area (Å²) in [6.45, 7) is 6.27. The Labute approximate surface area is 192 Å². The van der Waals surface area contributed by atoms with Crippen LogP contribution in [0.25, 0.3) is 5.69 Å². The molecule has 1 amide bonds. The Morgan fingerprint density at radius 2 is 1.79 bits per heavy atom. The average Bonchev–Trinajstić information content (AvgIpc) is 2.73. The number of aromatic nitrogens is 2. The Morgan fingerprint density at radius 3 is 2.30 bits per heavy atom. The number of rotatable bonds is 4. The summed E-state index contributed by atoms with van der Waals surface area (Å²) in [6, 6.07) is 8.75. The molecule has 0 saturated carbocycles. The van der Waals surface area contributed by atoms with E-state index in [0.29, 0.717) is 31.6 Å². The van der Waals surface area contributed by atoms with Gasteiger partial charge in [0.25, 0.3) is 5.56 Å². The fourth-order valence-corrected chi connectivity index (χ4v) is 3.92. The van der Waals surface area contributed by atoms with E-state index in [4.69, 9.17) is 9.47 Å². The number of nitrogens with zero attached hydrogens (tertiary/aromatic N) is 4. The van der Waals surface area contributed by atoms with Crippen molar-refractivity contribution < 1.29 is 22.7 Å². The van der Waals surface area contributed by atoms with Crippen molar-refractivity contribution in [1.29, 1.82) is 5.26 Å². The monoisotopic (exact) mass is 474 g/mol. The van der Waals surface area contributed by atoms with Crippen molar-refractivity contribution in [2.75, 3.05) is 19.3 Å². The van der Waals surface area contributed by atoms with Crippen LogP contribution in [0.15, 0.2) is 40.0 Å². The molecule has 1 aromatic carbocycles. The van der Waals surface area contributed by atoms with E-state index in [1.165, 1.54) is 30.3 Å². The van der Waals surface area contributed by atoms with E-state index in [1.807, 2.05) is 6.07 Å². The summed E-state index contributed by atoms with van der Waals surface area (Å²) in [6.07, 6.45) is 1.44. The summed E-state index contributed by atoms with van der Waals surface area (Å²) in [5, 5.41) is 13.6. The number of benzene rings is 1. The van der Waals surface area contributed by atoms with Crippen LogP contribution in [-0.4, -0.2) is 60.2 Å². The predicted octanol–water partition coefficient (Wildman–Crippen LogP) is 2.29. The van der Waals surface area contributed by atoms with Gasteiger partial charge in [0.1, 0.15) is 17.8 Å². The second-order valence-corrected chi connectivity index (χ2v) is 10.8. The average molecular weight is 475 g/mol. The number of hydrogen-bond acceptors (Lipinski definition) is 8. The van der Waals surface area contributed by atoms with Crippen molar-refractivity contribution in [3.63, 3.8) is 0 Å². The fraction of sp³-hybridized carbons (Fsp3) is 0.455. The van der Waals surface area contributed by atoms with Gasteiger partial charge in [-0.15, -0.1) is 5.10 Å². The first kappa shape index (κ1) is 24.3. The van der Waals surface area contributed by atoms with Gasteiger partial charge in [0, 0.05) is 32.2 Å². The number of piperidine rings is 1. The van der Waals surface area contributed by atoms with E-state index >= 15 is 0 Å². The van der Waals surface area contributed by atoms with Crippen LogP contribution in [0, 0.1) is 11.3 Å². The molecule has 1 aromatic heterocycles. The summed E-state index contributed by atoms with van der Waals surface area (Å²) < 4.78 is 35.5. The third kappa shape index (κ3) is 6.10. The number of sulfone groups is 1. The van der Waals surface area contributed by atoms with Crippen LogP contribution in [0.4, 0.5) is 4.79 Å². The molecule has 1 aliphatic rings. The highest BCUT2D eigenvalue weighted by atomic mass is 32.2. The number of likely N-dealkylation sites (tertiary alicyclic amines) is 1. The Morgan fingerprint density at radius 1 is 1.18 bits per heavy atom. The van der Waals surface area contributed by atoms with Crippen LogP contribution in [0.3, 0.4) is 0 Å². The fourth-order valence-electron chi connectivity index (χ4n) is 3.29. The van der Waals surface area contributed by atoms with Gasteiger partial charge in [0.05, 0.1) is 16.6 Å². The number of amides is 1. The van der Waals surface area contributed by atoms with Gasteiger partial charge in [0.15, 0.2) is 15.6 Å². The lowest BCUT2D eigenvalue weighted by Gasteiger charge is -2.33. The van der Waals surface area contributed by atoms with Gasteiger partial charge in [0.2, 0.25) is 5.69 Å². The molecule has 2 heterocycles. The molecule has 0 aliphatic carbocycles. The summed E-state index contributed by atoms with van der Waals surface area (Å²) in [7, 11) is -3.38. The van der Waals surface area contributed by atoms with E-state index in [1.54, 1.807) is 25.7 Å². The standard InChI is InChI=1S/C22H26N4O6S/c1-22(2,3)32-21(28)25-11-9-16(10-12-25)31-19-13-20(27)26(24-18(19)14-23)15-5-7-17(8-6-15)33(4,29)30/h5-8,13,16H,9-12H2,1-4H3. The molecule has 1 saturated heterocycles. The minimum Gasteiger partial charge on any atom is -0.487 e. The zero-order chi connectivity index (χ0) is 24.4. The highest BCUT2D eigenvalue weighted by Gasteiger charge is 2.28. The second kappa shape index (κ2) is 9.23. The molecule has 33 heavy (non-hydrogen) atoms. The molecular weight excluding hydrogens is 448 g/mol. The van der Waals surface area contributed by atoms with Gasteiger partial charge in [-0.2, -0.15) is 9.94 Å². The lowest BCUT2D eigenvalue weighted by Crippen LogP contribution is -2.44. The first-order chi connectivity index (χ1) is 15.4. The summed E-state index contributed by atoms with van der Waals surface area (Å²) >= 11 is 0. The first-order valence-corrected chi connectivity index (χ1v) is 12.3. The molecule has 1 aliphatic heterocycles. The summed E-state index contributed by atoms with van der Waals surface area (Å²) in [5.41, 5.74) is -0.855. The minimum atomic E-state index is -3.38. The molecule has 0 N–H and O–H groups in total. The lowest BCUT2D eigenvalue weighted by atomic mass is 10.1. The van der Waals surface area contributed by atoms with E-state index in [9.17, 15) is 23.3 Å². The highest BCUT2D eigenvalue weighted by Crippen LogP contribution is 2.22. The number of ether oxygens (including phenoxy) is 2. The Kier molecular flexibility index (Phi) is 6.78. The minimum absolute atomic E-state index is 0.0715. The van der Waals surface area contributed by atoms with Gasteiger partial charge >= 0.3 is 6.09 Å². The van der Waals surface area contributed by atoms with Gasteiger partial charge in [-0.3, -0.25) is 4.79 Å². The summed E-state index contributed by atoms with van der Waals surface area (Å²) in [5.74, 6) is 0.0715. The van der Waals surface area contributed by atoms with Crippen LogP contribution >= 0.6 is 0 Å². The molecule has 11 heteroatoms. The smallest absolute Gasteiger partial charge is 0.410 e. The van der Waals surface area contributed by atoms with E-state index in [2.05, 4.69) is 5.10 Å². The molecule has 2 aromatic rings. The zero-order valence-electron chi connectivity index (χ0n) is 18.9. The van der Waals surface area contributed by atoms with E-state index < -0.39 is 21.0 Å². The van der Waals surface area contributed by atoms with Crippen molar-refractivity contribution in [1.82, 2.24) is 14.7 Å². The van der Waals surface area contributed by atoms with Crippen LogP contribution < -0.4 is 10.3 Å². The molecular formula is C22H26N4O6S. The van der Waals surface area contributed by atoms with Crippen molar-refractivity contribution in [3.8, 4) is 17.5 Å². The SMILES string of the molecule is CC(C)(C)OC(=O)N1CCC(Oc2cc(=O)n(-c3ccc(S(C)(=O)=O)cc3)nc2C#N)CC1. The Balaban J connectivity index is 1.73. The maximum atomic E-state index is 12.6. The van der Waals surface area contributed by atoms with Gasteiger partial charge < -0.3 is 14.4 Å². The predicted molar refractivity (Wildman–Crippen MR) is 119 cm³/mol. The molecule has 0 bridgehead atoms. The van der Waals surface area contributed by atoms with Crippen molar-refractivity contribution in [2.24, 2.45) is 0 Å². The molecule has 0 atom stereocenters. The lowest BCUT2D eigenvalue weighted by molar-refractivity contribution is 0.0126. The molecule has 0 spiro atoms. The van der Waals surface area contributed by atoms with Gasteiger partial charge in [-0.05, 0) is 45.0 Å². The van der Waals surface area contributed by atoms with Crippen molar-refractivity contribution in [2.45, 2.75) is 50.2 Å². The van der Waals surface area contributed by atoms with Gasteiger partial charge in [-0.1, -0.05) is 0 Å². The molecule has 3 rings (SSSR count). The summed E-state index contributed by atoms with van der Waals surface area (Å²) in [4.78, 5) is 26.5. The van der Waals surface area contributed by atoms with Crippen LogP contribution in [0.5, 0.6) is 5.75 Å². The quantitative estimate of drug-likeness (QED) is 0.659. The molecule has 0 unspecified atom stereocenters. The molecule has 1 fully saturated rings. The van der Waals surface area contributed by atoms with Crippen LogP contribution in [0.1, 0.15) is 39.3 Å². The second-order valence-electron chi connectivity index (χ2n) is 8.77. The third-order valence-corrected chi connectivity index (χ3v) is 6.03. The molecule has 0 radical (unpaired) electrons. The number of hydrogen-bond donors (Lipinski definition) is 0. The maximum absolute atomic E-state index is 12.6. The molecule has 10 nitrogen and oxygen atoms in total. The van der Waals surface area contributed by atoms with Gasteiger partial charge in [-0.25, -0.2) is 13.2 Å². The van der Waals surface area contributed by atoms with Crippen molar-refractivity contribution >= 4 is 15.9 Å². The number of carbonyl (C=O) groups excluding carboxylic acids is 1. The normalized spacial score (nSPS) is 15.1. The zero-order valence-corrected chi connectivity index (χ0v) is 19.8. The number of carbonyl (C=O) groups is 1.